The Kier molecular flexibility index (Phi) is 7.11. The Morgan fingerprint density at radius 1 is 1.47 bits per heavy atom. The summed E-state index contributed by atoms with van der Waals surface area (Å²) in [7, 11) is 0. The summed E-state index contributed by atoms with van der Waals surface area (Å²) in [6.07, 6.45) is 1.65. The third-order valence-corrected chi connectivity index (χ3v) is 2.54. The first-order valence-corrected chi connectivity index (χ1v) is 5.21. The molecule has 1 N–H and O–H groups in total. The van der Waals surface area contributed by atoms with E-state index in [-0.39, 0.29) is 30.7 Å². The number of rotatable bonds is 1. The van der Waals surface area contributed by atoms with E-state index in [1.54, 1.807) is 12.3 Å². The number of piperazine rings is 1. The van der Waals surface area contributed by atoms with Gasteiger partial charge in [0.05, 0.1) is 0 Å². The average molecular weight is 278 g/mol. The van der Waals surface area contributed by atoms with Crippen molar-refractivity contribution in [1.82, 2.24) is 15.2 Å². The lowest BCUT2D eigenvalue weighted by atomic mass is 10.2. The Labute approximate surface area is 114 Å². The lowest BCUT2D eigenvalue weighted by molar-refractivity contribution is 0.0703. The maximum absolute atomic E-state index is 12.0. The second kappa shape index (κ2) is 7.48. The molecule has 0 unspecified atom stereocenters. The van der Waals surface area contributed by atoms with E-state index in [1.807, 2.05) is 17.0 Å². The second-order valence-corrected chi connectivity index (χ2v) is 3.82. The lowest BCUT2D eigenvalue weighted by Crippen LogP contribution is -2.51. The number of amides is 1. The molecule has 1 aliphatic rings. The molecule has 0 saturated carbocycles. The molecule has 1 atom stereocenters. The van der Waals surface area contributed by atoms with Crippen LogP contribution in [0.5, 0.6) is 0 Å². The quantitative estimate of drug-likeness (QED) is 0.843. The number of carbonyl (C=O) groups excluding carboxylic acids is 1. The van der Waals surface area contributed by atoms with Crippen LogP contribution in [0.2, 0.25) is 0 Å². The topological polar surface area (TPSA) is 45.2 Å². The monoisotopic (exact) mass is 277 g/mol. The molecular weight excluding hydrogens is 261 g/mol. The maximum Gasteiger partial charge on any atom is 0.272 e. The summed E-state index contributed by atoms with van der Waals surface area (Å²) in [6, 6.07) is 5.78. The lowest BCUT2D eigenvalue weighted by Gasteiger charge is -2.31. The minimum atomic E-state index is 0. The van der Waals surface area contributed by atoms with Crippen LogP contribution in [0.4, 0.5) is 0 Å². The molecule has 0 radical (unpaired) electrons. The Balaban J connectivity index is 0.00000128. The van der Waals surface area contributed by atoms with E-state index in [0.29, 0.717) is 11.7 Å². The van der Waals surface area contributed by atoms with E-state index >= 15 is 0 Å². The van der Waals surface area contributed by atoms with E-state index < -0.39 is 0 Å². The molecule has 1 aromatic rings. The number of pyridine rings is 1. The highest BCUT2D eigenvalue weighted by atomic mass is 35.5. The molecule has 0 bridgehead atoms. The number of nitrogens with one attached hydrogen (secondary N) is 1. The van der Waals surface area contributed by atoms with E-state index in [2.05, 4.69) is 17.2 Å². The average Bonchev–Trinajstić information content (AvgIpc) is 2.29. The van der Waals surface area contributed by atoms with E-state index in [9.17, 15) is 4.79 Å². The van der Waals surface area contributed by atoms with Crippen molar-refractivity contribution < 1.29 is 4.79 Å². The minimum Gasteiger partial charge on any atom is -0.334 e. The van der Waals surface area contributed by atoms with Crippen molar-refractivity contribution in [3.8, 4) is 0 Å². The first-order valence-electron chi connectivity index (χ1n) is 5.21. The minimum absolute atomic E-state index is 0. The van der Waals surface area contributed by atoms with Gasteiger partial charge < -0.3 is 10.2 Å². The summed E-state index contributed by atoms with van der Waals surface area (Å²) in [4.78, 5) is 17.9. The zero-order valence-corrected chi connectivity index (χ0v) is 11.3. The second-order valence-electron chi connectivity index (χ2n) is 3.82. The Bertz CT molecular complexity index is 348. The molecule has 0 spiro atoms. The molecule has 0 aliphatic carbocycles. The molecule has 0 aromatic carbocycles. The van der Waals surface area contributed by atoms with Crippen molar-refractivity contribution in [2.45, 2.75) is 13.0 Å². The fourth-order valence-corrected chi connectivity index (χ4v) is 1.77. The normalized spacial score (nSPS) is 18.9. The first kappa shape index (κ1) is 16.2. The van der Waals surface area contributed by atoms with E-state index in [1.165, 1.54) is 0 Å². The molecular formula is C11H17Cl2N3O. The first-order chi connectivity index (χ1) is 7.27. The largest absolute Gasteiger partial charge is 0.334 e. The van der Waals surface area contributed by atoms with Crippen molar-refractivity contribution in [3.63, 3.8) is 0 Å². The van der Waals surface area contributed by atoms with Crippen LogP contribution in [0.15, 0.2) is 24.4 Å². The molecule has 2 rings (SSSR count). The van der Waals surface area contributed by atoms with Gasteiger partial charge in [0.15, 0.2) is 0 Å². The van der Waals surface area contributed by atoms with Gasteiger partial charge in [-0.2, -0.15) is 0 Å². The SMILES string of the molecule is C[C@@H]1CN(C(=O)c2ccccn2)CCN1.Cl.Cl. The van der Waals surface area contributed by atoms with Crippen LogP contribution in [0.25, 0.3) is 0 Å². The molecule has 4 nitrogen and oxygen atoms in total. The van der Waals surface area contributed by atoms with Crippen LogP contribution < -0.4 is 5.32 Å². The molecule has 1 amide bonds. The van der Waals surface area contributed by atoms with Crippen molar-refractivity contribution in [2.24, 2.45) is 0 Å². The summed E-state index contributed by atoms with van der Waals surface area (Å²) < 4.78 is 0. The van der Waals surface area contributed by atoms with Crippen molar-refractivity contribution in [1.29, 1.82) is 0 Å². The van der Waals surface area contributed by atoms with Crippen LogP contribution >= 0.6 is 24.8 Å². The molecule has 17 heavy (non-hydrogen) atoms. The number of hydrogen-bond acceptors (Lipinski definition) is 3. The van der Waals surface area contributed by atoms with Gasteiger partial charge in [0.1, 0.15) is 5.69 Å². The molecule has 1 aromatic heterocycles. The number of aromatic nitrogens is 1. The van der Waals surface area contributed by atoms with Crippen LogP contribution in [0.1, 0.15) is 17.4 Å². The Morgan fingerprint density at radius 3 is 2.82 bits per heavy atom. The summed E-state index contributed by atoms with van der Waals surface area (Å²) in [5.41, 5.74) is 0.534. The maximum atomic E-state index is 12.0. The van der Waals surface area contributed by atoms with Crippen molar-refractivity contribution in [3.05, 3.63) is 30.1 Å². The number of nitrogens with zero attached hydrogens (tertiary/aromatic N) is 2. The molecule has 1 aliphatic heterocycles. The summed E-state index contributed by atoms with van der Waals surface area (Å²) in [5.74, 6) is 0.0314. The predicted octanol–water partition coefficient (Wildman–Crippen LogP) is 1.36. The summed E-state index contributed by atoms with van der Waals surface area (Å²) in [5, 5.41) is 3.30. The van der Waals surface area contributed by atoms with Gasteiger partial charge in [0.2, 0.25) is 0 Å². The van der Waals surface area contributed by atoms with Crippen molar-refractivity contribution >= 4 is 30.7 Å². The summed E-state index contributed by atoms with van der Waals surface area (Å²) in [6.45, 7) is 4.47. The van der Waals surface area contributed by atoms with Crippen LogP contribution in [0.3, 0.4) is 0 Å². The highest BCUT2D eigenvalue weighted by molar-refractivity contribution is 5.92. The van der Waals surface area contributed by atoms with Gasteiger partial charge in [-0.1, -0.05) is 6.07 Å². The predicted molar refractivity (Wildman–Crippen MR) is 72.1 cm³/mol. The van der Waals surface area contributed by atoms with E-state index in [0.717, 1.165) is 19.6 Å². The van der Waals surface area contributed by atoms with Gasteiger partial charge in [0, 0.05) is 31.9 Å². The molecule has 1 saturated heterocycles. The molecule has 6 heteroatoms. The van der Waals surface area contributed by atoms with Gasteiger partial charge in [-0.3, -0.25) is 9.78 Å². The van der Waals surface area contributed by atoms with Gasteiger partial charge in [-0.25, -0.2) is 0 Å². The van der Waals surface area contributed by atoms with Gasteiger partial charge in [-0.15, -0.1) is 24.8 Å². The number of halogens is 2. The highest BCUT2D eigenvalue weighted by Gasteiger charge is 2.21. The fraction of sp³-hybridized carbons (Fsp3) is 0.455. The fourth-order valence-electron chi connectivity index (χ4n) is 1.77. The molecule has 1 fully saturated rings. The number of carbonyl (C=O) groups is 1. The zero-order valence-electron chi connectivity index (χ0n) is 9.63. The van der Waals surface area contributed by atoms with E-state index in [4.69, 9.17) is 0 Å². The van der Waals surface area contributed by atoms with Gasteiger partial charge in [0.25, 0.3) is 5.91 Å². The van der Waals surface area contributed by atoms with Crippen LogP contribution in [-0.4, -0.2) is 41.5 Å². The third-order valence-electron chi connectivity index (χ3n) is 2.54. The Hall–Kier alpha value is -0.840. The number of hydrogen-bond donors (Lipinski definition) is 1. The van der Waals surface area contributed by atoms with Gasteiger partial charge in [-0.05, 0) is 19.1 Å². The van der Waals surface area contributed by atoms with Crippen LogP contribution in [-0.2, 0) is 0 Å². The molecule has 96 valence electrons. The Morgan fingerprint density at radius 2 is 2.24 bits per heavy atom. The highest BCUT2D eigenvalue weighted by Crippen LogP contribution is 2.05. The summed E-state index contributed by atoms with van der Waals surface area (Å²) >= 11 is 0. The van der Waals surface area contributed by atoms with Crippen molar-refractivity contribution in [2.75, 3.05) is 19.6 Å². The van der Waals surface area contributed by atoms with Gasteiger partial charge >= 0.3 is 0 Å². The third kappa shape index (κ3) is 4.15. The smallest absolute Gasteiger partial charge is 0.272 e. The van der Waals surface area contributed by atoms with Crippen LogP contribution in [0, 0.1) is 0 Å². The molecule has 2 heterocycles. The zero-order chi connectivity index (χ0) is 10.7. The standard InChI is InChI=1S/C11H15N3O.2ClH/c1-9-8-14(7-6-12-9)11(15)10-4-2-3-5-13-10;;/h2-5,9,12H,6-8H2,1H3;2*1H/t9-;;/m1../s1.